The second kappa shape index (κ2) is 6.04. The normalized spacial score (nSPS) is 20.4. The minimum Gasteiger partial charge on any atom is -0.353 e. The van der Waals surface area contributed by atoms with Crippen LogP contribution in [0.4, 0.5) is 0 Å². The van der Waals surface area contributed by atoms with Crippen molar-refractivity contribution in [2.45, 2.75) is 31.7 Å². The molecular formula is C17H17NO2. The highest BCUT2D eigenvalue weighted by Gasteiger charge is 2.20. The minimum atomic E-state index is -0.567. The molecule has 2 atom stereocenters. The maximum Gasteiger partial charge on any atom is 0.172 e. The molecule has 0 N–H and O–H groups in total. The van der Waals surface area contributed by atoms with E-state index in [1.165, 1.54) is 5.39 Å². The molecule has 1 aliphatic heterocycles. The quantitative estimate of drug-likeness (QED) is 0.845. The van der Waals surface area contributed by atoms with Gasteiger partial charge in [0, 0.05) is 6.61 Å². The van der Waals surface area contributed by atoms with Crippen molar-refractivity contribution in [2.75, 3.05) is 6.61 Å². The molecule has 3 nitrogen and oxygen atoms in total. The van der Waals surface area contributed by atoms with Gasteiger partial charge in [0.1, 0.15) is 0 Å². The molecule has 0 amide bonds. The van der Waals surface area contributed by atoms with Gasteiger partial charge in [-0.05, 0) is 41.7 Å². The van der Waals surface area contributed by atoms with Crippen LogP contribution in [0.3, 0.4) is 0 Å². The van der Waals surface area contributed by atoms with Crippen molar-refractivity contribution in [1.82, 2.24) is 0 Å². The van der Waals surface area contributed by atoms with Gasteiger partial charge in [-0.3, -0.25) is 0 Å². The van der Waals surface area contributed by atoms with Crippen LogP contribution in [0.25, 0.3) is 10.8 Å². The first-order chi connectivity index (χ1) is 9.86. The summed E-state index contributed by atoms with van der Waals surface area (Å²) in [6, 6.07) is 16.3. The minimum absolute atomic E-state index is 0.250. The number of ether oxygens (including phenoxy) is 2. The van der Waals surface area contributed by atoms with Gasteiger partial charge in [-0.2, -0.15) is 5.26 Å². The first kappa shape index (κ1) is 13.1. The molecule has 2 aromatic rings. The third-order valence-corrected chi connectivity index (χ3v) is 3.62. The number of rotatable bonds is 3. The Balaban J connectivity index is 1.81. The van der Waals surface area contributed by atoms with Crippen molar-refractivity contribution in [1.29, 1.82) is 5.26 Å². The fraction of sp³-hybridized carbons (Fsp3) is 0.353. The van der Waals surface area contributed by atoms with Gasteiger partial charge in [0.25, 0.3) is 0 Å². The van der Waals surface area contributed by atoms with Crippen molar-refractivity contribution in [3.63, 3.8) is 0 Å². The van der Waals surface area contributed by atoms with E-state index in [-0.39, 0.29) is 6.29 Å². The lowest BCUT2D eigenvalue weighted by atomic mass is 10.0. The van der Waals surface area contributed by atoms with E-state index < -0.39 is 6.10 Å². The zero-order valence-electron chi connectivity index (χ0n) is 11.3. The maximum atomic E-state index is 9.35. The summed E-state index contributed by atoms with van der Waals surface area (Å²) >= 11 is 0. The Labute approximate surface area is 118 Å². The number of fused-ring (bicyclic) bond motifs is 1. The molecule has 1 heterocycles. The van der Waals surface area contributed by atoms with Crippen LogP contribution < -0.4 is 0 Å². The maximum absolute atomic E-state index is 9.35. The Morgan fingerprint density at radius 3 is 2.75 bits per heavy atom. The Hall–Kier alpha value is -1.89. The summed E-state index contributed by atoms with van der Waals surface area (Å²) in [4.78, 5) is 0. The number of hydrogen-bond acceptors (Lipinski definition) is 3. The molecule has 1 aliphatic rings. The number of nitrogens with zero attached hydrogens (tertiary/aromatic N) is 1. The molecular weight excluding hydrogens is 250 g/mol. The van der Waals surface area contributed by atoms with E-state index in [9.17, 15) is 5.26 Å². The monoisotopic (exact) mass is 267 g/mol. The number of nitriles is 1. The molecule has 2 unspecified atom stereocenters. The van der Waals surface area contributed by atoms with Gasteiger partial charge in [-0.25, -0.2) is 0 Å². The molecule has 0 bridgehead atoms. The molecule has 2 aromatic carbocycles. The summed E-state index contributed by atoms with van der Waals surface area (Å²) in [5.41, 5.74) is 0.889. The van der Waals surface area contributed by atoms with Crippen LogP contribution in [-0.4, -0.2) is 12.9 Å². The van der Waals surface area contributed by atoms with Crippen molar-refractivity contribution in [3.05, 3.63) is 48.0 Å². The number of hydrogen-bond donors (Lipinski definition) is 0. The van der Waals surface area contributed by atoms with Crippen LogP contribution in [0, 0.1) is 11.3 Å². The van der Waals surface area contributed by atoms with Crippen LogP contribution in [0.2, 0.25) is 0 Å². The molecule has 0 aromatic heterocycles. The van der Waals surface area contributed by atoms with Crippen LogP contribution in [0.5, 0.6) is 0 Å². The molecule has 20 heavy (non-hydrogen) atoms. The second-order valence-electron chi connectivity index (χ2n) is 5.05. The van der Waals surface area contributed by atoms with Gasteiger partial charge in [0.15, 0.2) is 12.4 Å². The number of benzene rings is 2. The second-order valence-corrected chi connectivity index (χ2v) is 5.05. The van der Waals surface area contributed by atoms with Gasteiger partial charge in [-0.15, -0.1) is 0 Å². The predicted octanol–water partition coefficient (Wildman–Crippen LogP) is 3.95. The zero-order valence-corrected chi connectivity index (χ0v) is 11.3. The van der Waals surface area contributed by atoms with E-state index in [0.29, 0.717) is 0 Å². The van der Waals surface area contributed by atoms with Crippen LogP contribution in [0.15, 0.2) is 42.5 Å². The van der Waals surface area contributed by atoms with E-state index >= 15 is 0 Å². The lowest BCUT2D eigenvalue weighted by Crippen LogP contribution is -2.24. The van der Waals surface area contributed by atoms with Crippen LogP contribution in [-0.2, 0) is 9.47 Å². The van der Waals surface area contributed by atoms with Crippen molar-refractivity contribution in [3.8, 4) is 6.07 Å². The Kier molecular flexibility index (Phi) is 3.96. The smallest absolute Gasteiger partial charge is 0.172 e. The lowest BCUT2D eigenvalue weighted by Gasteiger charge is -2.25. The third-order valence-electron chi connectivity index (χ3n) is 3.62. The van der Waals surface area contributed by atoms with Gasteiger partial charge >= 0.3 is 0 Å². The molecule has 0 saturated carbocycles. The van der Waals surface area contributed by atoms with E-state index in [1.54, 1.807) is 0 Å². The summed E-state index contributed by atoms with van der Waals surface area (Å²) in [6.07, 6.45) is 2.22. The van der Waals surface area contributed by atoms with Gasteiger partial charge in [0.05, 0.1) is 6.07 Å². The van der Waals surface area contributed by atoms with Crippen LogP contribution in [0.1, 0.15) is 30.9 Å². The molecule has 0 aliphatic carbocycles. The SMILES string of the molecule is N#CC(OC1CCCCO1)c1ccc2ccccc2c1. The Bertz CT molecular complexity index is 626. The van der Waals surface area contributed by atoms with Gasteiger partial charge < -0.3 is 9.47 Å². The van der Waals surface area contributed by atoms with E-state index in [1.807, 2.05) is 36.4 Å². The average Bonchev–Trinajstić information content (AvgIpc) is 2.53. The van der Waals surface area contributed by atoms with E-state index in [0.717, 1.165) is 36.8 Å². The summed E-state index contributed by atoms with van der Waals surface area (Å²) in [6.45, 7) is 0.723. The molecule has 1 fully saturated rings. The summed E-state index contributed by atoms with van der Waals surface area (Å²) in [5.74, 6) is 0. The van der Waals surface area contributed by atoms with Gasteiger partial charge in [0.2, 0.25) is 0 Å². The molecule has 0 radical (unpaired) electrons. The Morgan fingerprint density at radius 1 is 1.15 bits per heavy atom. The topological polar surface area (TPSA) is 42.2 Å². The first-order valence-corrected chi connectivity index (χ1v) is 7.02. The predicted molar refractivity (Wildman–Crippen MR) is 77.0 cm³/mol. The van der Waals surface area contributed by atoms with Crippen molar-refractivity contribution >= 4 is 10.8 Å². The van der Waals surface area contributed by atoms with Gasteiger partial charge in [-0.1, -0.05) is 36.4 Å². The standard InChI is InChI=1S/C17H17NO2/c18-12-16(20-17-7-3-4-10-19-17)15-9-8-13-5-1-2-6-14(13)11-15/h1-2,5-6,8-9,11,16-17H,3-4,7,10H2. The highest BCUT2D eigenvalue weighted by Crippen LogP contribution is 2.26. The highest BCUT2D eigenvalue weighted by molar-refractivity contribution is 5.83. The summed E-state index contributed by atoms with van der Waals surface area (Å²) in [5, 5.41) is 11.6. The molecule has 3 heteroatoms. The van der Waals surface area contributed by atoms with Crippen LogP contribution >= 0.6 is 0 Å². The highest BCUT2D eigenvalue weighted by atomic mass is 16.7. The summed E-state index contributed by atoms with van der Waals surface area (Å²) in [7, 11) is 0. The molecule has 0 spiro atoms. The van der Waals surface area contributed by atoms with E-state index in [2.05, 4.69) is 12.1 Å². The fourth-order valence-electron chi connectivity index (χ4n) is 2.52. The zero-order chi connectivity index (χ0) is 13.8. The van der Waals surface area contributed by atoms with Crippen molar-refractivity contribution in [2.24, 2.45) is 0 Å². The third kappa shape index (κ3) is 2.82. The summed E-state index contributed by atoms with van der Waals surface area (Å²) < 4.78 is 11.3. The average molecular weight is 267 g/mol. The molecule has 102 valence electrons. The fourth-order valence-corrected chi connectivity index (χ4v) is 2.52. The molecule has 1 saturated heterocycles. The first-order valence-electron chi connectivity index (χ1n) is 7.02. The molecule has 3 rings (SSSR count). The van der Waals surface area contributed by atoms with Crippen molar-refractivity contribution < 1.29 is 9.47 Å². The van der Waals surface area contributed by atoms with E-state index in [4.69, 9.17) is 9.47 Å². The Morgan fingerprint density at radius 2 is 2.00 bits per heavy atom. The lowest BCUT2D eigenvalue weighted by molar-refractivity contribution is -0.178. The largest absolute Gasteiger partial charge is 0.353 e.